The summed E-state index contributed by atoms with van der Waals surface area (Å²) < 4.78 is 10.1. The summed E-state index contributed by atoms with van der Waals surface area (Å²) in [7, 11) is 1.63. The quantitative estimate of drug-likeness (QED) is 0.812. The first-order chi connectivity index (χ1) is 9.70. The molecule has 0 atom stereocenters. The van der Waals surface area contributed by atoms with Crippen molar-refractivity contribution >= 4 is 5.91 Å². The van der Waals surface area contributed by atoms with Crippen molar-refractivity contribution < 1.29 is 13.9 Å². The van der Waals surface area contributed by atoms with E-state index in [2.05, 4.69) is 0 Å². The molecule has 0 unspecified atom stereocenters. The van der Waals surface area contributed by atoms with Crippen LogP contribution < -0.4 is 0 Å². The molecule has 0 spiro atoms. The largest absolute Gasteiger partial charge is 0.472 e. The van der Waals surface area contributed by atoms with Crippen molar-refractivity contribution in [1.82, 2.24) is 4.90 Å². The number of furan rings is 1. The minimum Gasteiger partial charge on any atom is -0.472 e. The Morgan fingerprint density at radius 3 is 2.60 bits per heavy atom. The van der Waals surface area contributed by atoms with E-state index in [0.29, 0.717) is 25.3 Å². The zero-order valence-corrected chi connectivity index (χ0v) is 11.8. The van der Waals surface area contributed by atoms with Gasteiger partial charge in [0.2, 0.25) is 0 Å². The number of aryl methyl sites for hydroxylation is 1. The van der Waals surface area contributed by atoms with Crippen molar-refractivity contribution in [1.29, 1.82) is 0 Å². The standard InChI is InChI=1S/C16H19NO3/c1-13-3-5-15(6-4-13)16(18)17(8-10-19-2)11-14-7-9-20-12-14/h3-7,9,12H,8,10-11H2,1-2H3. The number of amides is 1. The molecule has 0 fully saturated rings. The summed E-state index contributed by atoms with van der Waals surface area (Å²) in [5, 5.41) is 0. The zero-order chi connectivity index (χ0) is 14.4. The molecule has 0 aliphatic rings. The summed E-state index contributed by atoms with van der Waals surface area (Å²) in [6, 6.07) is 9.46. The van der Waals surface area contributed by atoms with Crippen molar-refractivity contribution in [2.45, 2.75) is 13.5 Å². The van der Waals surface area contributed by atoms with Crippen LogP contribution in [0.15, 0.2) is 47.3 Å². The third-order valence-electron chi connectivity index (χ3n) is 3.10. The summed E-state index contributed by atoms with van der Waals surface area (Å²) in [5.41, 5.74) is 2.80. The fraction of sp³-hybridized carbons (Fsp3) is 0.312. The summed E-state index contributed by atoms with van der Waals surface area (Å²) in [6.07, 6.45) is 3.27. The van der Waals surface area contributed by atoms with Gasteiger partial charge in [0.25, 0.3) is 5.91 Å². The Morgan fingerprint density at radius 1 is 1.25 bits per heavy atom. The average Bonchev–Trinajstić information content (AvgIpc) is 2.96. The van der Waals surface area contributed by atoms with Gasteiger partial charge in [0.15, 0.2) is 0 Å². The lowest BCUT2D eigenvalue weighted by atomic mass is 10.1. The monoisotopic (exact) mass is 273 g/mol. The van der Waals surface area contributed by atoms with Gasteiger partial charge in [-0.2, -0.15) is 0 Å². The van der Waals surface area contributed by atoms with Gasteiger partial charge in [0.1, 0.15) is 0 Å². The highest BCUT2D eigenvalue weighted by Crippen LogP contribution is 2.11. The number of ether oxygens (including phenoxy) is 1. The van der Waals surface area contributed by atoms with Gasteiger partial charge < -0.3 is 14.1 Å². The molecule has 1 aromatic heterocycles. The SMILES string of the molecule is COCCN(Cc1ccoc1)C(=O)c1ccc(C)cc1. The third-order valence-corrected chi connectivity index (χ3v) is 3.10. The molecule has 0 N–H and O–H groups in total. The summed E-state index contributed by atoms with van der Waals surface area (Å²) in [4.78, 5) is 14.3. The van der Waals surface area contributed by atoms with Crippen LogP contribution in [0.2, 0.25) is 0 Å². The molecule has 4 nitrogen and oxygen atoms in total. The van der Waals surface area contributed by atoms with Crippen molar-refractivity contribution in [3.05, 3.63) is 59.5 Å². The first kappa shape index (κ1) is 14.3. The Balaban J connectivity index is 2.12. The van der Waals surface area contributed by atoms with Gasteiger partial charge in [-0.1, -0.05) is 17.7 Å². The van der Waals surface area contributed by atoms with Crippen LogP contribution in [-0.2, 0) is 11.3 Å². The zero-order valence-electron chi connectivity index (χ0n) is 11.8. The maximum Gasteiger partial charge on any atom is 0.254 e. The average molecular weight is 273 g/mol. The van der Waals surface area contributed by atoms with E-state index in [1.807, 2.05) is 37.3 Å². The molecule has 0 aliphatic heterocycles. The van der Waals surface area contributed by atoms with Crippen molar-refractivity contribution in [2.24, 2.45) is 0 Å². The molecule has 20 heavy (non-hydrogen) atoms. The molecule has 1 heterocycles. The first-order valence-electron chi connectivity index (χ1n) is 6.56. The molecule has 0 saturated carbocycles. The van der Waals surface area contributed by atoms with Gasteiger partial charge in [-0.25, -0.2) is 0 Å². The lowest BCUT2D eigenvalue weighted by Crippen LogP contribution is -2.33. The van der Waals surface area contributed by atoms with Crippen LogP contribution >= 0.6 is 0 Å². The Morgan fingerprint density at radius 2 is 2.00 bits per heavy atom. The number of carbonyl (C=O) groups excluding carboxylic acids is 1. The van der Waals surface area contributed by atoms with Gasteiger partial charge >= 0.3 is 0 Å². The minimum atomic E-state index is 0.00301. The van der Waals surface area contributed by atoms with Crippen LogP contribution in [0.25, 0.3) is 0 Å². The Bertz CT molecular complexity index is 531. The molecular formula is C16H19NO3. The van der Waals surface area contributed by atoms with Gasteiger partial charge in [-0.3, -0.25) is 4.79 Å². The number of nitrogens with zero attached hydrogens (tertiary/aromatic N) is 1. The molecule has 0 radical (unpaired) electrons. The Hall–Kier alpha value is -2.07. The van der Waals surface area contributed by atoms with E-state index < -0.39 is 0 Å². The van der Waals surface area contributed by atoms with E-state index in [-0.39, 0.29) is 5.91 Å². The molecule has 106 valence electrons. The molecule has 0 bridgehead atoms. The van der Waals surface area contributed by atoms with E-state index in [1.54, 1.807) is 24.5 Å². The van der Waals surface area contributed by atoms with Crippen molar-refractivity contribution in [3.63, 3.8) is 0 Å². The van der Waals surface area contributed by atoms with Gasteiger partial charge in [0.05, 0.1) is 19.1 Å². The lowest BCUT2D eigenvalue weighted by Gasteiger charge is -2.22. The van der Waals surface area contributed by atoms with Gasteiger partial charge in [0, 0.05) is 31.3 Å². The molecular weight excluding hydrogens is 254 g/mol. The van der Waals surface area contributed by atoms with E-state index in [4.69, 9.17) is 9.15 Å². The number of carbonyl (C=O) groups is 1. The van der Waals surface area contributed by atoms with Gasteiger partial charge in [-0.05, 0) is 25.1 Å². The molecule has 0 aliphatic carbocycles. The van der Waals surface area contributed by atoms with Crippen LogP contribution in [0.5, 0.6) is 0 Å². The first-order valence-corrected chi connectivity index (χ1v) is 6.56. The van der Waals surface area contributed by atoms with Crippen LogP contribution in [0, 0.1) is 6.92 Å². The number of benzene rings is 1. The fourth-order valence-electron chi connectivity index (χ4n) is 1.94. The second-order valence-corrected chi connectivity index (χ2v) is 4.72. The highest BCUT2D eigenvalue weighted by Gasteiger charge is 2.16. The molecule has 4 heteroatoms. The number of methoxy groups -OCH3 is 1. The van der Waals surface area contributed by atoms with Crippen LogP contribution in [0.4, 0.5) is 0 Å². The van der Waals surface area contributed by atoms with Crippen LogP contribution in [0.3, 0.4) is 0 Å². The summed E-state index contributed by atoms with van der Waals surface area (Å²) >= 11 is 0. The number of hydrogen-bond acceptors (Lipinski definition) is 3. The summed E-state index contributed by atoms with van der Waals surface area (Å²) in [6.45, 7) is 3.58. The van der Waals surface area contributed by atoms with E-state index in [1.165, 1.54) is 0 Å². The van der Waals surface area contributed by atoms with E-state index in [9.17, 15) is 4.79 Å². The van der Waals surface area contributed by atoms with Gasteiger partial charge in [-0.15, -0.1) is 0 Å². The maximum absolute atomic E-state index is 12.5. The number of rotatable bonds is 6. The van der Waals surface area contributed by atoms with Crippen molar-refractivity contribution in [3.8, 4) is 0 Å². The Labute approximate surface area is 119 Å². The highest BCUT2D eigenvalue weighted by molar-refractivity contribution is 5.94. The predicted octanol–water partition coefficient (Wildman–Crippen LogP) is 2.88. The molecule has 2 aromatic rings. The maximum atomic E-state index is 12.5. The molecule has 2 rings (SSSR count). The predicted molar refractivity (Wildman–Crippen MR) is 76.5 cm³/mol. The normalized spacial score (nSPS) is 10.5. The smallest absolute Gasteiger partial charge is 0.254 e. The number of hydrogen-bond donors (Lipinski definition) is 0. The van der Waals surface area contributed by atoms with Crippen molar-refractivity contribution in [2.75, 3.05) is 20.3 Å². The molecule has 0 saturated heterocycles. The van der Waals surface area contributed by atoms with E-state index in [0.717, 1.165) is 11.1 Å². The minimum absolute atomic E-state index is 0.00301. The second kappa shape index (κ2) is 6.91. The fourth-order valence-corrected chi connectivity index (χ4v) is 1.94. The van der Waals surface area contributed by atoms with Crippen LogP contribution in [0.1, 0.15) is 21.5 Å². The van der Waals surface area contributed by atoms with E-state index >= 15 is 0 Å². The molecule has 1 aromatic carbocycles. The lowest BCUT2D eigenvalue weighted by molar-refractivity contribution is 0.0680. The Kier molecular flexibility index (Phi) is 4.96. The third kappa shape index (κ3) is 3.71. The molecule has 1 amide bonds. The van der Waals surface area contributed by atoms with Crippen LogP contribution in [-0.4, -0.2) is 31.1 Å². The highest BCUT2D eigenvalue weighted by atomic mass is 16.5. The topological polar surface area (TPSA) is 42.7 Å². The summed E-state index contributed by atoms with van der Waals surface area (Å²) in [5.74, 6) is 0.00301. The second-order valence-electron chi connectivity index (χ2n) is 4.72.